The van der Waals surface area contributed by atoms with E-state index in [9.17, 15) is 14.0 Å². The zero-order valence-electron chi connectivity index (χ0n) is 17.4. The number of hydrogen-bond acceptors (Lipinski definition) is 4. The molecule has 1 fully saturated rings. The first kappa shape index (κ1) is 24.6. The number of hydrogen-bond donors (Lipinski definition) is 2. The summed E-state index contributed by atoms with van der Waals surface area (Å²) in [7, 11) is 0. The Morgan fingerprint density at radius 2 is 1.84 bits per heavy atom. The Kier molecular flexibility index (Phi) is 9.27. The van der Waals surface area contributed by atoms with Crippen molar-refractivity contribution in [3.05, 3.63) is 65.5 Å². The highest BCUT2D eigenvalue weighted by Gasteiger charge is 2.29. The van der Waals surface area contributed by atoms with Gasteiger partial charge in [-0.3, -0.25) is 9.69 Å². The van der Waals surface area contributed by atoms with Crippen LogP contribution in [0.3, 0.4) is 0 Å². The van der Waals surface area contributed by atoms with Crippen molar-refractivity contribution >= 4 is 24.3 Å². The number of rotatable bonds is 8. The molecule has 2 aromatic carbocycles. The third-order valence-electron chi connectivity index (χ3n) is 5.39. The van der Waals surface area contributed by atoms with Gasteiger partial charge in [-0.1, -0.05) is 18.6 Å². The number of halogens is 2. The Hall–Kier alpha value is -2.64. The zero-order valence-corrected chi connectivity index (χ0v) is 18.2. The normalized spacial score (nSPS) is 17.3. The summed E-state index contributed by atoms with van der Waals surface area (Å²) >= 11 is 0. The molecule has 2 aromatic rings. The van der Waals surface area contributed by atoms with E-state index < -0.39 is 5.97 Å². The van der Waals surface area contributed by atoms with Crippen molar-refractivity contribution in [1.29, 1.82) is 0 Å². The molecule has 1 amide bonds. The van der Waals surface area contributed by atoms with Crippen LogP contribution in [0.4, 0.5) is 4.39 Å². The second-order valence-electron chi connectivity index (χ2n) is 7.51. The number of aromatic carboxylic acids is 1. The monoisotopic (exact) mass is 450 g/mol. The average Bonchev–Trinajstić information content (AvgIpc) is 2.75. The molecule has 1 heterocycles. The third-order valence-corrected chi connectivity index (χ3v) is 5.39. The molecular weight excluding hydrogens is 423 g/mol. The molecule has 31 heavy (non-hydrogen) atoms. The quantitative estimate of drug-likeness (QED) is 0.634. The summed E-state index contributed by atoms with van der Waals surface area (Å²) in [6.07, 6.45) is 2.81. The van der Waals surface area contributed by atoms with Crippen molar-refractivity contribution in [2.45, 2.75) is 38.3 Å². The van der Waals surface area contributed by atoms with Gasteiger partial charge in [0.25, 0.3) is 0 Å². The number of likely N-dealkylation sites (tertiary alicyclic amines) is 1. The fraction of sp³-hybridized carbons (Fsp3) is 0.391. The second-order valence-corrected chi connectivity index (χ2v) is 7.51. The predicted molar refractivity (Wildman–Crippen MR) is 118 cm³/mol. The summed E-state index contributed by atoms with van der Waals surface area (Å²) in [6.45, 7) is 3.74. The first-order chi connectivity index (χ1) is 14.4. The highest BCUT2D eigenvalue weighted by Crippen LogP contribution is 2.20. The van der Waals surface area contributed by atoms with Crippen LogP contribution >= 0.6 is 12.4 Å². The number of benzene rings is 2. The van der Waals surface area contributed by atoms with Gasteiger partial charge in [0.05, 0.1) is 17.6 Å². The van der Waals surface area contributed by atoms with E-state index in [4.69, 9.17) is 9.84 Å². The lowest BCUT2D eigenvalue weighted by Crippen LogP contribution is -2.51. The van der Waals surface area contributed by atoms with Gasteiger partial charge in [0.15, 0.2) is 0 Å². The van der Waals surface area contributed by atoms with Gasteiger partial charge in [0.1, 0.15) is 18.2 Å². The number of nitrogens with one attached hydrogen (secondary N) is 1. The lowest BCUT2D eigenvalue weighted by atomic mass is 10.00. The largest absolute Gasteiger partial charge is 0.492 e. The van der Waals surface area contributed by atoms with E-state index in [2.05, 4.69) is 10.2 Å². The molecule has 0 aromatic heterocycles. The van der Waals surface area contributed by atoms with Gasteiger partial charge in [0.2, 0.25) is 5.91 Å². The van der Waals surface area contributed by atoms with Crippen molar-refractivity contribution in [1.82, 2.24) is 10.2 Å². The highest BCUT2D eigenvalue weighted by molar-refractivity contribution is 5.87. The summed E-state index contributed by atoms with van der Waals surface area (Å²) in [5.74, 6) is -0.708. The molecule has 1 aliphatic rings. The van der Waals surface area contributed by atoms with Gasteiger partial charge in [-0.2, -0.15) is 0 Å². The topological polar surface area (TPSA) is 78.9 Å². The first-order valence-electron chi connectivity index (χ1n) is 10.2. The van der Waals surface area contributed by atoms with Crippen molar-refractivity contribution in [3.63, 3.8) is 0 Å². The smallest absolute Gasteiger partial charge is 0.335 e. The van der Waals surface area contributed by atoms with Crippen LogP contribution < -0.4 is 10.1 Å². The molecule has 3 rings (SSSR count). The fourth-order valence-electron chi connectivity index (χ4n) is 3.67. The zero-order chi connectivity index (χ0) is 21.5. The van der Waals surface area contributed by atoms with Crippen molar-refractivity contribution in [2.75, 3.05) is 19.7 Å². The predicted octanol–water partition coefficient (Wildman–Crippen LogP) is 4.06. The molecule has 2 N–H and O–H groups in total. The van der Waals surface area contributed by atoms with Crippen molar-refractivity contribution < 1.29 is 23.8 Å². The Balaban J connectivity index is 0.00000341. The van der Waals surface area contributed by atoms with Gasteiger partial charge in [-0.25, -0.2) is 9.18 Å². The van der Waals surface area contributed by atoms with Crippen LogP contribution in [0, 0.1) is 5.82 Å². The molecule has 168 valence electrons. The van der Waals surface area contributed by atoms with Crippen LogP contribution in [0.2, 0.25) is 0 Å². The van der Waals surface area contributed by atoms with Crippen LogP contribution in [-0.4, -0.2) is 47.6 Å². The van der Waals surface area contributed by atoms with Crippen LogP contribution in [0.15, 0.2) is 48.5 Å². The van der Waals surface area contributed by atoms with Gasteiger partial charge < -0.3 is 15.2 Å². The number of ether oxygens (including phenoxy) is 1. The number of carbonyl (C=O) groups excluding carboxylic acids is 1. The Labute approximate surface area is 187 Å². The molecule has 2 atom stereocenters. The van der Waals surface area contributed by atoms with E-state index >= 15 is 0 Å². The maximum Gasteiger partial charge on any atom is 0.335 e. The molecule has 1 saturated heterocycles. The number of carboxylic acid groups (broad SMARTS) is 1. The molecule has 0 bridgehead atoms. The number of carbonyl (C=O) groups is 2. The summed E-state index contributed by atoms with van der Waals surface area (Å²) in [4.78, 5) is 26.0. The van der Waals surface area contributed by atoms with Gasteiger partial charge in [0, 0.05) is 6.54 Å². The molecule has 0 saturated carbocycles. The minimum atomic E-state index is -0.973. The van der Waals surface area contributed by atoms with Gasteiger partial charge >= 0.3 is 5.97 Å². The maximum absolute atomic E-state index is 13.0. The van der Waals surface area contributed by atoms with Crippen molar-refractivity contribution in [2.24, 2.45) is 0 Å². The lowest BCUT2D eigenvalue weighted by molar-refractivity contribution is -0.128. The minimum absolute atomic E-state index is 0. The average molecular weight is 451 g/mol. The van der Waals surface area contributed by atoms with E-state index in [0.29, 0.717) is 18.9 Å². The number of piperidine rings is 1. The molecule has 8 heteroatoms. The van der Waals surface area contributed by atoms with Gasteiger partial charge in [-0.15, -0.1) is 12.4 Å². The Bertz CT molecular complexity index is 861. The molecule has 0 aliphatic carbocycles. The SMILES string of the molecule is C[C@H](NC(=O)[C@H]1CCCCN1CCOc1ccc(F)cc1)c1ccc(C(=O)O)cc1.Cl. The van der Waals surface area contributed by atoms with E-state index in [1.54, 1.807) is 36.4 Å². The van der Waals surface area contributed by atoms with Crippen LogP contribution in [-0.2, 0) is 4.79 Å². The van der Waals surface area contributed by atoms with Crippen molar-refractivity contribution in [3.8, 4) is 5.75 Å². The summed E-state index contributed by atoms with van der Waals surface area (Å²) in [6, 6.07) is 12.0. The highest BCUT2D eigenvalue weighted by atomic mass is 35.5. The Morgan fingerprint density at radius 1 is 1.16 bits per heavy atom. The number of amides is 1. The van der Waals surface area contributed by atoms with E-state index in [-0.39, 0.29) is 41.8 Å². The van der Waals surface area contributed by atoms with Gasteiger partial charge in [-0.05, 0) is 68.3 Å². The summed E-state index contributed by atoms with van der Waals surface area (Å²) in [5, 5.41) is 12.1. The summed E-state index contributed by atoms with van der Waals surface area (Å²) in [5.41, 5.74) is 1.08. The van der Waals surface area contributed by atoms with E-state index in [0.717, 1.165) is 31.4 Å². The maximum atomic E-state index is 13.0. The van der Waals surface area contributed by atoms with E-state index in [1.807, 2.05) is 6.92 Å². The second kappa shape index (κ2) is 11.7. The first-order valence-corrected chi connectivity index (χ1v) is 10.2. The summed E-state index contributed by atoms with van der Waals surface area (Å²) < 4.78 is 18.7. The minimum Gasteiger partial charge on any atom is -0.492 e. The Morgan fingerprint density at radius 3 is 2.48 bits per heavy atom. The molecular formula is C23H28ClFN2O4. The number of nitrogens with zero attached hydrogens (tertiary/aromatic N) is 1. The molecule has 0 radical (unpaired) electrons. The van der Waals surface area contributed by atoms with Crippen LogP contribution in [0.1, 0.15) is 48.1 Å². The number of carboxylic acids is 1. The van der Waals surface area contributed by atoms with E-state index in [1.165, 1.54) is 12.1 Å². The molecule has 6 nitrogen and oxygen atoms in total. The standard InChI is InChI=1S/C23H27FN2O4.ClH/c1-16(17-5-7-18(8-6-17)23(28)29)25-22(27)21-4-2-3-13-26(21)14-15-30-20-11-9-19(24)10-12-20;/h5-12,16,21H,2-4,13-15H2,1H3,(H,25,27)(H,28,29);1H/t16-,21+;/m0./s1. The fourth-order valence-corrected chi connectivity index (χ4v) is 3.67. The molecule has 1 aliphatic heterocycles. The third kappa shape index (κ3) is 6.94. The van der Waals surface area contributed by atoms with Crippen LogP contribution in [0.25, 0.3) is 0 Å². The lowest BCUT2D eigenvalue weighted by Gasteiger charge is -2.35. The van der Waals surface area contributed by atoms with Crippen LogP contribution in [0.5, 0.6) is 5.75 Å². The molecule has 0 unspecified atom stereocenters. The molecule has 0 spiro atoms.